The summed E-state index contributed by atoms with van der Waals surface area (Å²) in [6.45, 7) is 0.257. The molecule has 0 amide bonds. The van der Waals surface area contributed by atoms with Crippen molar-refractivity contribution in [1.29, 1.82) is 0 Å². The van der Waals surface area contributed by atoms with Gasteiger partial charge in [-0.25, -0.2) is 9.50 Å². The number of hydrogen-bond donors (Lipinski definition) is 0. The van der Waals surface area contributed by atoms with Crippen LogP contribution in [0.5, 0.6) is 17.2 Å². The van der Waals surface area contributed by atoms with Crippen molar-refractivity contribution in [3.05, 3.63) is 60.8 Å². The van der Waals surface area contributed by atoms with Crippen LogP contribution in [0.4, 0.5) is 11.5 Å². The van der Waals surface area contributed by atoms with E-state index in [1.165, 1.54) is 0 Å². The lowest BCUT2D eigenvalue weighted by atomic mass is 10.1. The summed E-state index contributed by atoms with van der Waals surface area (Å²) in [6, 6.07) is 17.6. The zero-order chi connectivity index (χ0) is 19.1. The van der Waals surface area contributed by atoms with E-state index in [-0.39, 0.29) is 6.79 Å². The van der Waals surface area contributed by atoms with Crippen molar-refractivity contribution in [2.45, 2.75) is 0 Å². The lowest BCUT2D eigenvalue weighted by Crippen LogP contribution is -2.13. The van der Waals surface area contributed by atoms with Gasteiger partial charge in [0.25, 0.3) is 0 Å². The zero-order valence-electron chi connectivity index (χ0n) is 15.5. The first-order valence-corrected chi connectivity index (χ1v) is 8.85. The van der Waals surface area contributed by atoms with Crippen molar-refractivity contribution in [1.82, 2.24) is 14.6 Å². The van der Waals surface area contributed by atoms with E-state index in [0.717, 1.165) is 45.7 Å². The second-order valence-electron chi connectivity index (χ2n) is 6.43. The Balaban J connectivity index is 1.53. The van der Waals surface area contributed by atoms with Gasteiger partial charge in [0.2, 0.25) is 6.79 Å². The highest BCUT2D eigenvalue weighted by molar-refractivity contribution is 5.67. The van der Waals surface area contributed by atoms with Gasteiger partial charge >= 0.3 is 0 Å². The molecule has 4 aromatic rings. The van der Waals surface area contributed by atoms with Crippen LogP contribution in [0.25, 0.3) is 16.9 Å². The summed E-state index contributed by atoms with van der Waals surface area (Å²) in [5, 5.41) is 4.80. The van der Waals surface area contributed by atoms with E-state index in [2.05, 4.69) is 4.98 Å². The topological polar surface area (TPSA) is 61.1 Å². The van der Waals surface area contributed by atoms with Crippen LogP contribution >= 0.6 is 0 Å². The molecule has 2 aromatic carbocycles. The lowest BCUT2D eigenvalue weighted by molar-refractivity contribution is 0.174. The summed E-state index contributed by atoms with van der Waals surface area (Å²) < 4.78 is 18.0. The molecule has 2 aromatic heterocycles. The molecule has 0 spiro atoms. The first-order chi connectivity index (χ1) is 13.7. The van der Waals surface area contributed by atoms with Crippen LogP contribution in [0.1, 0.15) is 0 Å². The Labute approximate surface area is 161 Å². The lowest BCUT2D eigenvalue weighted by Gasteiger charge is -2.18. The minimum atomic E-state index is 0.257. The van der Waals surface area contributed by atoms with Crippen molar-refractivity contribution >= 4 is 17.2 Å². The first-order valence-electron chi connectivity index (χ1n) is 8.85. The van der Waals surface area contributed by atoms with Gasteiger partial charge in [0, 0.05) is 24.4 Å². The Kier molecular flexibility index (Phi) is 3.79. The van der Waals surface area contributed by atoms with Gasteiger partial charge in [0.15, 0.2) is 23.0 Å². The first kappa shape index (κ1) is 16.4. The minimum Gasteiger partial charge on any atom is -0.497 e. The number of aromatic nitrogens is 3. The van der Waals surface area contributed by atoms with Gasteiger partial charge in [-0.15, -0.1) is 5.10 Å². The van der Waals surface area contributed by atoms with Gasteiger partial charge in [-0.1, -0.05) is 0 Å². The molecule has 28 heavy (non-hydrogen) atoms. The third kappa shape index (κ3) is 2.68. The molecule has 0 aliphatic carbocycles. The van der Waals surface area contributed by atoms with Crippen LogP contribution in [0, 0.1) is 0 Å². The molecule has 0 atom stereocenters. The molecule has 0 N–H and O–H groups in total. The van der Waals surface area contributed by atoms with E-state index >= 15 is 0 Å². The van der Waals surface area contributed by atoms with Crippen molar-refractivity contribution in [3.8, 4) is 28.5 Å². The van der Waals surface area contributed by atoms with Gasteiger partial charge in [-0.05, 0) is 48.5 Å². The SMILES string of the molecule is COc1ccc(-c2cnc3ccc(N(C)c4ccc5c(c4)OCO5)nn23)cc1. The summed E-state index contributed by atoms with van der Waals surface area (Å²) in [6.07, 6.45) is 1.83. The van der Waals surface area contributed by atoms with Crippen LogP contribution in [0.15, 0.2) is 60.8 Å². The predicted molar refractivity (Wildman–Crippen MR) is 106 cm³/mol. The summed E-state index contributed by atoms with van der Waals surface area (Å²) in [5.41, 5.74) is 3.68. The fourth-order valence-electron chi connectivity index (χ4n) is 3.23. The Morgan fingerprint density at radius 3 is 2.64 bits per heavy atom. The second kappa shape index (κ2) is 6.45. The highest BCUT2D eigenvalue weighted by Gasteiger charge is 2.16. The molecule has 0 saturated carbocycles. The van der Waals surface area contributed by atoms with E-state index < -0.39 is 0 Å². The normalized spacial score (nSPS) is 12.4. The van der Waals surface area contributed by atoms with E-state index in [1.54, 1.807) is 7.11 Å². The number of rotatable bonds is 4. The number of fused-ring (bicyclic) bond motifs is 2. The Hall–Kier alpha value is -3.74. The van der Waals surface area contributed by atoms with E-state index in [1.807, 2.05) is 77.3 Å². The monoisotopic (exact) mass is 374 g/mol. The Bertz CT molecular complexity index is 1150. The molecule has 0 fully saturated rings. The van der Waals surface area contributed by atoms with Crippen molar-refractivity contribution in [2.75, 3.05) is 25.9 Å². The van der Waals surface area contributed by atoms with E-state index in [9.17, 15) is 0 Å². The Morgan fingerprint density at radius 2 is 1.82 bits per heavy atom. The Morgan fingerprint density at radius 1 is 1.00 bits per heavy atom. The molecule has 5 rings (SSSR count). The zero-order valence-corrected chi connectivity index (χ0v) is 15.5. The number of hydrogen-bond acceptors (Lipinski definition) is 6. The number of nitrogens with zero attached hydrogens (tertiary/aromatic N) is 4. The highest BCUT2D eigenvalue weighted by atomic mass is 16.7. The van der Waals surface area contributed by atoms with Crippen LogP contribution in [0.2, 0.25) is 0 Å². The highest BCUT2D eigenvalue weighted by Crippen LogP contribution is 2.36. The fraction of sp³-hybridized carbons (Fsp3) is 0.143. The van der Waals surface area contributed by atoms with Gasteiger partial charge in [-0.2, -0.15) is 0 Å². The molecule has 0 saturated heterocycles. The van der Waals surface area contributed by atoms with Gasteiger partial charge in [-0.3, -0.25) is 0 Å². The van der Waals surface area contributed by atoms with E-state index in [4.69, 9.17) is 19.3 Å². The molecule has 140 valence electrons. The van der Waals surface area contributed by atoms with Crippen LogP contribution in [0.3, 0.4) is 0 Å². The maximum atomic E-state index is 5.48. The van der Waals surface area contributed by atoms with Crippen LogP contribution in [-0.4, -0.2) is 35.5 Å². The molecule has 1 aliphatic rings. The maximum absolute atomic E-state index is 5.48. The molecular formula is C21H18N4O3. The number of ether oxygens (including phenoxy) is 3. The average molecular weight is 374 g/mol. The number of benzene rings is 2. The molecule has 7 heteroatoms. The van der Waals surface area contributed by atoms with Crippen molar-refractivity contribution in [2.24, 2.45) is 0 Å². The summed E-state index contributed by atoms with van der Waals surface area (Å²) >= 11 is 0. The molecule has 7 nitrogen and oxygen atoms in total. The van der Waals surface area contributed by atoms with Gasteiger partial charge in [0.1, 0.15) is 5.75 Å². The molecule has 0 unspecified atom stereocenters. The third-order valence-corrected chi connectivity index (χ3v) is 4.82. The fourth-order valence-corrected chi connectivity index (χ4v) is 3.23. The van der Waals surface area contributed by atoms with Gasteiger partial charge < -0.3 is 19.1 Å². The van der Waals surface area contributed by atoms with Gasteiger partial charge in [0.05, 0.1) is 19.0 Å². The third-order valence-electron chi connectivity index (χ3n) is 4.82. The van der Waals surface area contributed by atoms with Crippen molar-refractivity contribution in [3.63, 3.8) is 0 Å². The molecule has 0 radical (unpaired) electrons. The quantitative estimate of drug-likeness (QED) is 0.540. The van der Waals surface area contributed by atoms with Crippen LogP contribution in [-0.2, 0) is 0 Å². The molecule has 0 bridgehead atoms. The molecular weight excluding hydrogens is 356 g/mol. The maximum Gasteiger partial charge on any atom is 0.231 e. The molecule has 1 aliphatic heterocycles. The largest absolute Gasteiger partial charge is 0.497 e. The number of methoxy groups -OCH3 is 1. The predicted octanol–water partition coefficient (Wildman–Crippen LogP) is 3.90. The second-order valence-corrected chi connectivity index (χ2v) is 6.43. The standard InChI is InChI=1S/C21H18N4O3/c1-24(15-5-8-18-19(11-15)28-13-27-18)21-10-9-20-22-12-17(25(20)23-21)14-3-6-16(26-2)7-4-14/h3-12H,13H2,1-2H3. The summed E-state index contributed by atoms with van der Waals surface area (Å²) in [4.78, 5) is 6.47. The van der Waals surface area contributed by atoms with Crippen molar-refractivity contribution < 1.29 is 14.2 Å². The number of imidazole rings is 1. The summed E-state index contributed by atoms with van der Waals surface area (Å²) in [7, 11) is 3.62. The van der Waals surface area contributed by atoms with E-state index in [0.29, 0.717) is 0 Å². The smallest absolute Gasteiger partial charge is 0.231 e. The molecule has 3 heterocycles. The van der Waals surface area contributed by atoms with Crippen LogP contribution < -0.4 is 19.1 Å². The minimum absolute atomic E-state index is 0.257. The number of anilines is 2. The average Bonchev–Trinajstić information content (AvgIpc) is 3.39. The summed E-state index contributed by atoms with van der Waals surface area (Å²) in [5.74, 6) is 3.11.